The fraction of sp³-hybridized carbons (Fsp3) is 0.250. The lowest BCUT2D eigenvalue weighted by Gasteiger charge is -2.20. The van der Waals surface area contributed by atoms with E-state index in [0.717, 1.165) is 18.2 Å². The Morgan fingerprint density at radius 2 is 1.79 bits per heavy atom. The van der Waals surface area contributed by atoms with Crippen molar-refractivity contribution in [2.45, 2.75) is 26.4 Å². The van der Waals surface area contributed by atoms with Crippen molar-refractivity contribution in [2.75, 3.05) is 11.9 Å². The van der Waals surface area contributed by atoms with Gasteiger partial charge >= 0.3 is 12.0 Å². The minimum Gasteiger partial charge on any atom is -0.480 e. The first kappa shape index (κ1) is 22.2. The predicted octanol–water partition coefficient (Wildman–Crippen LogP) is 4.16. The lowest BCUT2D eigenvalue weighted by molar-refractivity contribution is -0.157. The Hall–Kier alpha value is -3.13. The minimum absolute atomic E-state index is 0.0577. The Kier molecular flexibility index (Phi) is 7.17. The summed E-state index contributed by atoms with van der Waals surface area (Å²) in [4.78, 5) is 36.1. The van der Waals surface area contributed by atoms with Gasteiger partial charge in [-0.25, -0.2) is 14.0 Å². The molecule has 0 unspecified atom stereocenters. The van der Waals surface area contributed by atoms with E-state index in [-0.39, 0.29) is 28.6 Å². The van der Waals surface area contributed by atoms with Gasteiger partial charge in [-0.1, -0.05) is 23.7 Å². The molecule has 0 radical (unpaired) electrons. The van der Waals surface area contributed by atoms with Crippen molar-refractivity contribution >= 4 is 35.2 Å². The van der Waals surface area contributed by atoms with Crippen molar-refractivity contribution in [3.05, 3.63) is 58.9 Å². The van der Waals surface area contributed by atoms with Gasteiger partial charge in [-0.05, 0) is 51.1 Å². The Morgan fingerprint density at radius 3 is 2.45 bits per heavy atom. The number of imide groups is 1. The van der Waals surface area contributed by atoms with Crippen LogP contribution in [0.5, 0.6) is 5.75 Å². The Balaban J connectivity index is 2.00. The number of hydrogen-bond donors (Lipinski definition) is 2. The number of rotatable bonds is 5. The molecule has 9 heteroatoms. The highest BCUT2D eigenvalue weighted by atomic mass is 35.5. The van der Waals surface area contributed by atoms with Crippen LogP contribution in [0.2, 0.25) is 5.02 Å². The number of amides is 3. The second kappa shape index (κ2) is 9.38. The van der Waals surface area contributed by atoms with E-state index >= 15 is 0 Å². The first-order valence-corrected chi connectivity index (χ1v) is 8.94. The molecular formula is C20H20ClFN2O5. The molecule has 0 aliphatic rings. The van der Waals surface area contributed by atoms with Crippen LogP contribution in [0.3, 0.4) is 0 Å². The average molecular weight is 423 g/mol. The van der Waals surface area contributed by atoms with Gasteiger partial charge in [0.05, 0.1) is 16.3 Å². The van der Waals surface area contributed by atoms with Gasteiger partial charge in [-0.15, -0.1) is 0 Å². The molecule has 0 heterocycles. The van der Waals surface area contributed by atoms with Crippen LogP contribution >= 0.6 is 11.6 Å². The molecule has 0 saturated heterocycles. The summed E-state index contributed by atoms with van der Waals surface area (Å²) in [7, 11) is 0. The smallest absolute Gasteiger partial charge is 0.344 e. The van der Waals surface area contributed by atoms with Gasteiger partial charge in [-0.3, -0.25) is 10.1 Å². The molecular weight excluding hydrogens is 403 g/mol. The third-order valence-electron chi connectivity index (χ3n) is 3.30. The first-order chi connectivity index (χ1) is 13.5. The molecule has 7 nitrogen and oxygen atoms in total. The topological polar surface area (TPSA) is 93.7 Å². The Bertz CT molecular complexity index is 927. The zero-order valence-corrected chi connectivity index (χ0v) is 16.8. The maximum Gasteiger partial charge on any atom is 0.344 e. The van der Waals surface area contributed by atoms with Gasteiger partial charge in [0.1, 0.15) is 17.2 Å². The van der Waals surface area contributed by atoms with Crippen LogP contribution < -0.4 is 15.4 Å². The second-order valence-corrected chi connectivity index (χ2v) is 7.31. The SMILES string of the molecule is CC(C)(C)OC(=O)COc1ccccc1NC(=O)NC(=O)c1ccc(F)cc1Cl. The highest BCUT2D eigenvalue weighted by molar-refractivity contribution is 6.34. The number of nitrogens with one attached hydrogen (secondary N) is 2. The number of benzene rings is 2. The van der Waals surface area contributed by atoms with Crippen LogP contribution in [0.1, 0.15) is 31.1 Å². The van der Waals surface area contributed by atoms with Gasteiger partial charge in [-0.2, -0.15) is 0 Å². The van der Waals surface area contributed by atoms with Gasteiger partial charge < -0.3 is 14.8 Å². The molecule has 0 saturated carbocycles. The predicted molar refractivity (Wildman–Crippen MR) is 106 cm³/mol. The number of ether oxygens (including phenoxy) is 2. The number of anilines is 1. The molecule has 0 fully saturated rings. The van der Waals surface area contributed by atoms with Gasteiger partial charge in [0.15, 0.2) is 6.61 Å². The maximum atomic E-state index is 13.1. The zero-order valence-electron chi connectivity index (χ0n) is 16.0. The summed E-state index contributed by atoms with van der Waals surface area (Å²) in [6, 6.07) is 8.68. The maximum absolute atomic E-state index is 13.1. The van der Waals surface area contributed by atoms with Crippen molar-refractivity contribution < 1.29 is 28.2 Å². The van der Waals surface area contributed by atoms with Crippen LogP contribution in [0.25, 0.3) is 0 Å². The molecule has 2 aromatic rings. The third kappa shape index (κ3) is 7.08. The molecule has 0 aromatic heterocycles. The van der Waals surface area contributed by atoms with Crippen molar-refractivity contribution in [1.29, 1.82) is 0 Å². The highest BCUT2D eigenvalue weighted by Gasteiger charge is 2.18. The van der Waals surface area contributed by atoms with E-state index in [1.54, 1.807) is 39.0 Å². The molecule has 29 heavy (non-hydrogen) atoms. The summed E-state index contributed by atoms with van der Waals surface area (Å²) < 4.78 is 23.6. The highest BCUT2D eigenvalue weighted by Crippen LogP contribution is 2.24. The lowest BCUT2D eigenvalue weighted by atomic mass is 10.2. The van der Waals surface area contributed by atoms with E-state index in [9.17, 15) is 18.8 Å². The number of para-hydroxylation sites is 2. The molecule has 0 atom stereocenters. The summed E-state index contributed by atoms with van der Waals surface area (Å²) in [6.07, 6.45) is 0. The number of carbonyl (C=O) groups is 3. The fourth-order valence-corrected chi connectivity index (χ4v) is 2.45. The van der Waals surface area contributed by atoms with E-state index in [0.29, 0.717) is 0 Å². The van der Waals surface area contributed by atoms with E-state index < -0.39 is 29.3 Å². The zero-order chi connectivity index (χ0) is 21.6. The van der Waals surface area contributed by atoms with Crippen LogP contribution in [0, 0.1) is 5.82 Å². The molecule has 2 N–H and O–H groups in total. The summed E-state index contributed by atoms with van der Waals surface area (Å²) >= 11 is 5.81. The molecule has 2 rings (SSSR count). The van der Waals surface area contributed by atoms with Gasteiger partial charge in [0.2, 0.25) is 0 Å². The van der Waals surface area contributed by atoms with E-state index in [4.69, 9.17) is 21.1 Å². The van der Waals surface area contributed by atoms with E-state index in [1.807, 2.05) is 0 Å². The summed E-state index contributed by atoms with van der Waals surface area (Å²) in [6.45, 7) is 4.83. The van der Waals surface area contributed by atoms with Crippen molar-refractivity contribution in [3.63, 3.8) is 0 Å². The number of urea groups is 1. The minimum atomic E-state index is -0.858. The standard InChI is InChI=1S/C20H20ClFN2O5/c1-20(2,3)29-17(25)11-28-16-7-5-4-6-15(16)23-19(27)24-18(26)13-9-8-12(22)10-14(13)21/h4-10H,11H2,1-3H3,(H2,23,24,26,27). The number of halogens is 2. The Morgan fingerprint density at radius 1 is 1.10 bits per heavy atom. The van der Waals surface area contributed by atoms with Crippen molar-refractivity contribution in [3.8, 4) is 5.75 Å². The van der Waals surface area contributed by atoms with Crippen LogP contribution in [0.15, 0.2) is 42.5 Å². The van der Waals surface area contributed by atoms with Gasteiger partial charge in [0, 0.05) is 0 Å². The number of hydrogen-bond acceptors (Lipinski definition) is 5. The first-order valence-electron chi connectivity index (χ1n) is 8.56. The van der Waals surface area contributed by atoms with E-state index in [1.165, 1.54) is 6.07 Å². The molecule has 3 amide bonds. The Labute approximate surface area is 172 Å². The number of carbonyl (C=O) groups excluding carboxylic acids is 3. The largest absolute Gasteiger partial charge is 0.480 e. The summed E-state index contributed by atoms with van der Waals surface area (Å²) in [5, 5.41) is 4.41. The summed E-state index contributed by atoms with van der Waals surface area (Å²) in [5.74, 6) is -1.77. The third-order valence-corrected chi connectivity index (χ3v) is 3.62. The van der Waals surface area contributed by atoms with Crippen LogP contribution in [-0.2, 0) is 9.53 Å². The van der Waals surface area contributed by atoms with Gasteiger partial charge in [0.25, 0.3) is 5.91 Å². The van der Waals surface area contributed by atoms with Crippen molar-refractivity contribution in [1.82, 2.24) is 5.32 Å². The van der Waals surface area contributed by atoms with Crippen molar-refractivity contribution in [2.24, 2.45) is 0 Å². The molecule has 0 spiro atoms. The molecule has 2 aromatic carbocycles. The summed E-state index contributed by atoms with van der Waals surface area (Å²) in [5.41, 5.74) is -0.482. The monoisotopic (exact) mass is 422 g/mol. The average Bonchev–Trinajstić information content (AvgIpc) is 2.59. The molecule has 0 aliphatic carbocycles. The van der Waals surface area contributed by atoms with Crippen LogP contribution in [-0.4, -0.2) is 30.1 Å². The molecule has 0 bridgehead atoms. The lowest BCUT2D eigenvalue weighted by Crippen LogP contribution is -2.34. The number of esters is 1. The van der Waals surface area contributed by atoms with Crippen LogP contribution in [0.4, 0.5) is 14.9 Å². The molecule has 154 valence electrons. The fourth-order valence-electron chi connectivity index (χ4n) is 2.20. The second-order valence-electron chi connectivity index (χ2n) is 6.90. The van der Waals surface area contributed by atoms with E-state index in [2.05, 4.69) is 10.6 Å². The molecule has 0 aliphatic heterocycles. The normalized spacial score (nSPS) is 10.8. The quantitative estimate of drug-likeness (QED) is 0.705.